The third-order valence-corrected chi connectivity index (χ3v) is 6.03. The SMILES string of the molecule is COc1nc2ccc(Cl)cc2cc1C(c1ccc(Cl)cc1)C1(O)CCNCC1F. The molecule has 1 aliphatic heterocycles. The number of pyridine rings is 1. The van der Waals surface area contributed by atoms with E-state index in [2.05, 4.69) is 10.3 Å². The summed E-state index contributed by atoms with van der Waals surface area (Å²) in [5.74, 6) is -0.346. The first kappa shape index (κ1) is 20.4. The topological polar surface area (TPSA) is 54.4 Å². The lowest BCUT2D eigenvalue weighted by Gasteiger charge is -2.42. The predicted molar refractivity (Wildman–Crippen MR) is 114 cm³/mol. The zero-order valence-electron chi connectivity index (χ0n) is 15.8. The quantitative estimate of drug-likeness (QED) is 0.622. The van der Waals surface area contributed by atoms with Crippen LogP contribution in [0.2, 0.25) is 10.0 Å². The van der Waals surface area contributed by atoms with Crippen molar-refractivity contribution in [3.8, 4) is 5.88 Å². The van der Waals surface area contributed by atoms with Gasteiger partial charge in [0.1, 0.15) is 11.8 Å². The zero-order chi connectivity index (χ0) is 20.6. The van der Waals surface area contributed by atoms with E-state index in [4.69, 9.17) is 27.9 Å². The highest BCUT2D eigenvalue weighted by atomic mass is 35.5. The van der Waals surface area contributed by atoms with Gasteiger partial charge in [-0.25, -0.2) is 9.37 Å². The summed E-state index contributed by atoms with van der Waals surface area (Å²) in [5, 5.41) is 16.5. The molecule has 29 heavy (non-hydrogen) atoms. The summed E-state index contributed by atoms with van der Waals surface area (Å²) in [6, 6.07) is 14.3. The molecule has 2 heterocycles. The van der Waals surface area contributed by atoms with Gasteiger partial charge in [0.15, 0.2) is 0 Å². The number of methoxy groups -OCH3 is 1. The first-order chi connectivity index (χ1) is 13.9. The van der Waals surface area contributed by atoms with Crippen LogP contribution < -0.4 is 10.1 Å². The average Bonchev–Trinajstić information content (AvgIpc) is 2.71. The van der Waals surface area contributed by atoms with E-state index in [9.17, 15) is 5.11 Å². The number of aromatic nitrogens is 1. The third kappa shape index (κ3) is 3.80. The van der Waals surface area contributed by atoms with E-state index in [-0.39, 0.29) is 13.0 Å². The maximum atomic E-state index is 15.1. The summed E-state index contributed by atoms with van der Waals surface area (Å²) >= 11 is 12.2. The Morgan fingerprint density at radius 2 is 1.90 bits per heavy atom. The highest BCUT2D eigenvalue weighted by molar-refractivity contribution is 6.31. The van der Waals surface area contributed by atoms with Crippen molar-refractivity contribution in [2.75, 3.05) is 20.2 Å². The van der Waals surface area contributed by atoms with Gasteiger partial charge in [0.25, 0.3) is 0 Å². The van der Waals surface area contributed by atoms with Gasteiger partial charge in [0.05, 0.1) is 12.6 Å². The second-order valence-electron chi connectivity index (χ2n) is 7.32. The van der Waals surface area contributed by atoms with Crippen molar-refractivity contribution in [1.29, 1.82) is 0 Å². The Labute approximate surface area is 178 Å². The van der Waals surface area contributed by atoms with E-state index in [1.54, 1.807) is 42.5 Å². The van der Waals surface area contributed by atoms with Crippen LogP contribution in [0.5, 0.6) is 5.88 Å². The zero-order valence-corrected chi connectivity index (χ0v) is 17.3. The van der Waals surface area contributed by atoms with Gasteiger partial charge in [-0.3, -0.25) is 0 Å². The van der Waals surface area contributed by atoms with Crippen molar-refractivity contribution in [2.45, 2.75) is 24.1 Å². The number of hydrogen-bond donors (Lipinski definition) is 2. The Kier molecular flexibility index (Phi) is 5.67. The lowest BCUT2D eigenvalue weighted by Crippen LogP contribution is -2.55. The Balaban J connectivity index is 1.96. The summed E-state index contributed by atoms with van der Waals surface area (Å²) < 4.78 is 20.7. The molecular weight excluding hydrogens is 414 g/mol. The van der Waals surface area contributed by atoms with E-state index < -0.39 is 17.7 Å². The minimum Gasteiger partial charge on any atom is -0.481 e. The van der Waals surface area contributed by atoms with Gasteiger partial charge in [-0.05, 0) is 54.9 Å². The van der Waals surface area contributed by atoms with Crippen LogP contribution >= 0.6 is 23.2 Å². The monoisotopic (exact) mass is 434 g/mol. The first-order valence-corrected chi connectivity index (χ1v) is 10.1. The van der Waals surface area contributed by atoms with Crippen LogP contribution in [0.25, 0.3) is 10.9 Å². The van der Waals surface area contributed by atoms with Gasteiger partial charge in [-0.1, -0.05) is 35.3 Å². The molecule has 3 unspecified atom stereocenters. The number of aliphatic hydroxyl groups is 1. The van der Waals surface area contributed by atoms with Gasteiger partial charge >= 0.3 is 0 Å². The maximum Gasteiger partial charge on any atom is 0.217 e. The highest BCUT2D eigenvalue weighted by Gasteiger charge is 2.48. The smallest absolute Gasteiger partial charge is 0.217 e. The first-order valence-electron chi connectivity index (χ1n) is 9.39. The molecule has 0 saturated carbocycles. The van der Waals surface area contributed by atoms with Crippen LogP contribution in [0.1, 0.15) is 23.5 Å². The van der Waals surface area contributed by atoms with Gasteiger partial charge < -0.3 is 15.2 Å². The van der Waals surface area contributed by atoms with Crippen molar-refractivity contribution in [2.24, 2.45) is 0 Å². The second kappa shape index (κ2) is 8.07. The van der Waals surface area contributed by atoms with E-state index >= 15 is 4.39 Å². The predicted octanol–water partition coefficient (Wildman–Crippen LogP) is 4.74. The molecule has 2 aromatic carbocycles. The van der Waals surface area contributed by atoms with E-state index in [1.165, 1.54) is 7.11 Å². The van der Waals surface area contributed by atoms with E-state index in [0.717, 1.165) is 10.9 Å². The third-order valence-electron chi connectivity index (χ3n) is 5.55. The fraction of sp³-hybridized carbons (Fsp3) is 0.318. The molecule has 0 spiro atoms. The van der Waals surface area contributed by atoms with Crippen molar-refractivity contribution < 1.29 is 14.2 Å². The van der Waals surface area contributed by atoms with Crippen LogP contribution in [0, 0.1) is 0 Å². The summed E-state index contributed by atoms with van der Waals surface area (Å²) in [6.45, 7) is 0.589. The molecule has 152 valence electrons. The molecule has 4 nitrogen and oxygen atoms in total. The minimum absolute atomic E-state index is 0.0791. The van der Waals surface area contributed by atoms with E-state index in [0.29, 0.717) is 33.6 Å². The van der Waals surface area contributed by atoms with Gasteiger partial charge in [0.2, 0.25) is 5.88 Å². The molecule has 3 aromatic rings. The molecule has 1 fully saturated rings. The molecule has 0 amide bonds. The molecule has 7 heteroatoms. The van der Waals surface area contributed by atoms with Crippen LogP contribution in [0.3, 0.4) is 0 Å². The Morgan fingerprint density at radius 3 is 2.59 bits per heavy atom. The Hall–Kier alpha value is -1.92. The number of nitrogens with zero attached hydrogens (tertiary/aromatic N) is 1. The van der Waals surface area contributed by atoms with Crippen molar-refractivity contribution >= 4 is 34.1 Å². The summed E-state index contributed by atoms with van der Waals surface area (Å²) in [5.41, 5.74) is 0.429. The van der Waals surface area contributed by atoms with Crippen LogP contribution in [0.4, 0.5) is 4.39 Å². The minimum atomic E-state index is -1.62. The summed E-state index contributed by atoms with van der Waals surface area (Å²) in [6.07, 6.45) is -1.21. The van der Waals surface area contributed by atoms with Crippen molar-refractivity contribution in [3.63, 3.8) is 0 Å². The number of rotatable bonds is 4. The number of alkyl halides is 1. The summed E-state index contributed by atoms with van der Waals surface area (Å²) in [7, 11) is 1.52. The fourth-order valence-electron chi connectivity index (χ4n) is 4.08. The highest BCUT2D eigenvalue weighted by Crippen LogP contribution is 2.45. The van der Waals surface area contributed by atoms with Crippen molar-refractivity contribution in [1.82, 2.24) is 10.3 Å². The van der Waals surface area contributed by atoms with Crippen LogP contribution in [-0.4, -0.2) is 42.1 Å². The largest absolute Gasteiger partial charge is 0.481 e. The number of ether oxygens (including phenoxy) is 1. The number of halogens is 3. The lowest BCUT2D eigenvalue weighted by molar-refractivity contribution is -0.0675. The number of nitrogens with one attached hydrogen (secondary N) is 1. The number of fused-ring (bicyclic) bond motifs is 1. The van der Waals surface area contributed by atoms with Crippen LogP contribution in [-0.2, 0) is 0 Å². The number of hydrogen-bond acceptors (Lipinski definition) is 4. The van der Waals surface area contributed by atoms with E-state index in [1.807, 2.05) is 6.07 Å². The standard InChI is InChI=1S/C22H21Cl2FN2O2/c1-29-21-17(11-14-10-16(24)6-7-18(14)27-21)20(13-2-4-15(23)5-3-13)22(28)8-9-26-12-19(22)25/h2-7,10-11,19-20,26,28H,8-9,12H2,1H3. The second-order valence-corrected chi connectivity index (χ2v) is 8.19. The molecule has 0 radical (unpaired) electrons. The molecule has 0 bridgehead atoms. The van der Waals surface area contributed by atoms with Gasteiger partial charge in [0, 0.05) is 33.5 Å². The molecule has 1 aliphatic rings. The lowest BCUT2D eigenvalue weighted by atomic mass is 9.71. The number of piperidine rings is 1. The molecule has 2 N–H and O–H groups in total. The molecule has 1 saturated heterocycles. The fourth-order valence-corrected chi connectivity index (χ4v) is 4.39. The maximum absolute atomic E-state index is 15.1. The van der Waals surface area contributed by atoms with Gasteiger partial charge in [-0.2, -0.15) is 0 Å². The number of benzene rings is 2. The normalized spacial score (nSPS) is 23.1. The Bertz CT molecular complexity index is 1030. The Morgan fingerprint density at radius 1 is 1.17 bits per heavy atom. The molecule has 4 rings (SSSR count). The summed E-state index contributed by atoms with van der Waals surface area (Å²) in [4.78, 5) is 4.59. The van der Waals surface area contributed by atoms with Crippen LogP contribution in [0.15, 0.2) is 48.5 Å². The molecule has 1 aromatic heterocycles. The van der Waals surface area contributed by atoms with Gasteiger partial charge in [-0.15, -0.1) is 0 Å². The average molecular weight is 435 g/mol. The molecule has 0 aliphatic carbocycles. The molecule has 3 atom stereocenters. The van der Waals surface area contributed by atoms with Crippen molar-refractivity contribution in [3.05, 3.63) is 69.7 Å². The molecular formula is C22H21Cl2FN2O2.